The molecule has 0 saturated heterocycles. The van der Waals surface area contributed by atoms with Crippen molar-refractivity contribution < 1.29 is 4.74 Å². The maximum atomic E-state index is 6.06. The molecule has 18 heavy (non-hydrogen) atoms. The van der Waals surface area contributed by atoms with Gasteiger partial charge in [0.15, 0.2) is 0 Å². The van der Waals surface area contributed by atoms with Crippen molar-refractivity contribution in [1.82, 2.24) is 9.78 Å². The van der Waals surface area contributed by atoms with Crippen molar-refractivity contribution in [2.45, 2.75) is 59.2 Å². The molecule has 5 heteroatoms. The molecule has 0 aliphatic heterocycles. The molecule has 1 rings (SSSR count). The van der Waals surface area contributed by atoms with Crippen LogP contribution in [0.15, 0.2) is 4.47 Å². The van der Waals surface area contributed by atoms with Crippen LogP contribution >= 0.6 is 15.9 Å². The highest BCUT2D eigenvalue weighted by atomic mass is 79.9. The van der Waals surface area contributed by atoms with Crippen LogP contribution in [0.25, 0.3) is 0 Å². The SMILES string of the molecule is CCc1nn(CC)c(COCC(C)(N)CC)c1Br. The number of nitrogens with zero attached hydrogens (tertiary/aromatic N) is 2. The summed E-state index contributed by atoms with van der Waals surface area (Å²) in [5, 5.41) is 4.54. The van der Waals surface area contributed by atoms with Crippen LogP contribution in [0.3, 0.4) is 0 Å². The monoisotopic (exact) mass is 317 g/mol. The molecule has 0 aliphatic rings. The van der Waals surface area contributed by atoms with Crippen LogP contribution in [0.2, 0.25) is 0 Å². The molecule has 0 spiro atoms. The molecule has 0 radical (unpaired) electrons. The van der Waals surface area contributed by atoms with Crippen LogP contribution in [0.4, 0.5) is 0 Å². The zero-order chi connectivity index (χ0) is 13.8. The number of nitrogens with two attached hydrogens (primary N) is 1. The fourth-order valence-corrected chi connectivity index (χ4v) is 2.32. The second-order valence-corrected chi connectivity index (χ2v) is 5.67. The minimum atomic E-state index is -0.253. The highest BCUT2D eigenvalue weighted by molar-refractivity contribution is 9.10. The number of rotatable bonds is 7. The van der Waals surface area contributed by atoms with E-state index in [-0.39, 0.29) is 5.54 Å². The Balaban J connectivity index is 2.69. The summed E-state index contributed by atoms with van der Waals surface area (Å²) in [4.78, 5) is 0. The van der Waals surface area contributed by atoms with Crippen molar-refractivity contribution in [3.05, 3.63) is 15.9 Å². The zero-order valence-corrected chi connectivity index (χ0v) is 13.4. The molecule has 0 fully saturated rings. The Morgan fingerprint density at radius 3 is 2.56 bits per heavy atom. The van der Waals surface area contributed by atoms with Crippen molar-refractivity contribution in [1.29, 1.82) is 0 Å². The van der Waals surface area contributed by atoms with E-state index in [4.69, 9.17) is 10.5 Å². The first kappa shape index (κ1) is 15.7. The van der Waals surface area contributed by atoms with E-state index in [0.717, 1.165) is 35.2 Å². The summed E-state index contributed by atoms with van der Waals surface area (Å²) >= 11 is 3.61. The van der Waals surface area contributed by atoms with E-state index in [1.165, 1.54) is 0 Å². The van der Waals surface area contributed by atoms with Crippen LogP contribution in [0.1, 0.15) is 45.5 Å². The van der Waals surface area contributed by atoms with E-state index in [9.17, 15) is 0 Å². The predicted molar refractivity (Wildman–Crippen MR) is 77.5 cm³/mol. The van der Waals surface area contributed by atoms with Gasteiger partial charge in [0.05, 0.1) is 29.1 Å². The lowest BCUT2D eigenvalue weighted by Crippen LogP contribution is -2.40. The number of halogens is 1. The van der Waals surface area contributed by atoms with Crippen molar-refractivity contribution in [2.75, 3.05) is 6.61 Å². The smallest absolute Gasteiger partial charge is 0.0897 e. The van der Waals surface area contributed by atoms with Gasteiger partial charge in [-0.3, -0.25) is 4.68 Å². The fraction of sp³-hybridized carbons (Fsp3) is 0.769. The Bertz CT molecular complexity index is 388. The molecule has 0 saturated carbocycles. The van der Waals surface area contributed by atoms with Crippen LogP contribution < -0.4 is 5.73 Å². The largest absolute Gasteiger partial charge is 0.373 e. The number of hydrogen-bond donors (Lipinski definition) is 1. The third kappa shape index (κ3) is 3.80. The third-order valence-electron chi connectivity index (χ3n) is 3.17. The van der Waals surface area contributed by atoms with E-state index in [2.05, 4.69) is 41.8 Å². The molecule has 1 aromatic heterocycles. The Morgan fingerprint density at radius 1 is 1.39 bits per heavy atom. The second kappa shape index (κ2) is 6.68. The molecule has 2 N–H and O–H groups in total. The van der Waals surface area contributed by atoms with E-state index < -0.39 is 0 Å². The van der Waals surface area contributed by atoms with Crippen LogP contribution in [-0.4, -0.2) is 21.9 Å². The highest BCUT2D eigenvalue weighted by Gasteiger charge is 2.18. The van der Waals surface area contributed by atoms with Gasteiger partial charge in [0.25, 0.3) is 0 Å². The van der Waals surface area contributed by atoms with Gasteiger partial charge in [-0.15, -0.1) is 0 Å². The van der Waals surface area contributed by atoms with Crippen molar-refractivity contribution in [3.63, 3.8) is 0 Å². The average molecular weight is 318 g/mol. The maximum Gasteiger partial charge on any atom is 0.0897 e. The van der Waals surface area contributed by atoms with Crippen molar-refractivity contribution in [3.8, 4) is 0 Å². The lowest BCUT2D eigenvalue weighted by Gasteiger charge is -2.22. The number of aryl methyl sites for hydroxylation is 2. The molecule has 1 aromatic rings. The Kier molecular flexibility index (Phi) is 5.82. The Hall–Kier alpha value is -0.390. The van der Waals surface area contributed by atoms with Gasteiger partial charge in [-0.2, -0.15) is 5.10 Å². The van der Waals surface area contributed by atoms with E-state index >= 15 is 0 Å². The zero-order valence-electron chi connectivity index (χ0n) is 11.8. The first-order valence-electron chi connectivity index (χ1n) is 6.55. The lowest BCUT2D eigenvalue weighted by atomic mass is 10.0. The summed E-state index contributed by atoms with van der Waals surface area (Å²) in [6, 6.07) is 0. The fourth-order valence-electron chi connectivity index (χ4n) is 1.64. The molecule has 0 bridgehead atoms. The summed E-state index contributed by atoms with van der Waals surface area (Å²) < 4.78 is 8.80. The first-order valence-corrected chi connectivity index (χ1v) is 7.35. The molecule has 0 amide bonds. The molecular weight excluding hydrogens is 294 g/mol. The quantitative estimate of drug-likeness (QED) is 0.841. The van der Waals surface area contributed by atoms with Gasteiger partial charge in [-0.1, -0.05) is 13.8 Å². The van der Waals surface area contributed by atoms with E-state index in [1.54, 1.807) is 0 Å². The Labute approximate surface area is 118 Å². The van der Waals surface area contributed by atoms with Gasteiger partial charge in [0, 0.05) is 12.1 Å². The molecule has 4 nitrogen and oxygen atoms in total. The summed E-state index contributed by atoms with van der Waals surface area (Å²) in [5.74, 6) is 0. The summed E-state index contributed by atoms with van der Waals surface area (Å²) in [6.45, 7) is 10.2. The predicted octanol–water partition coefficient (Wildman–Crippen LogP) is 2.87. The molecule has 1 heterocycles. The molecule has 0 aromatic carbocycles. The van der Waals surface area contributed by atoms with Crippen LogP contribution in [-0.2, 0) is 24.3 Å². The standard InChI is InChI=1S/C13H24BrN3O/c1-5-10-12(14)11(17(7-3)16-10)8-18-9-13(4,15)6-2/h5-9,15H2,1-4H3. The lowest BCUT2D eigenvalue weighted by molar-refractivity contribution is 0.0731. The maximum absolute atomic E-state index is 6.06. The van der Waals surface area contributed by atoms with Crippen LogP contribution in [0.5, 0.6) is 0 Å². The van der Waals surface area contributed by atoms with Gasteiger partial charge in [-0.25, -0.2) is 0 Å². The van der Waals surface area contributed by atoms with Crippen molar-refractivity contribution >= 4 is 15.9 Å². The van der Waals surface area contributed by atoms with Crippen molar-refractivity contribution in [2.24, 2.45) is 5.73 Å². The number of aromatic nitrogens is 2. The summed E-state index contributed by atoms with van der Waals surface area (Å²) in [7, 11) is 0. The van der Waals surface area contributed by atoms with Gasteiger partial charge in [-0.05, 0) is 42.6 Å². The average Bonchev–Trinajstić information content (AvgIpc) is 2.66. The molecular formula is C13H24BrN3O. The second-order valence-electron chi connectivity index (χ2n) is 4.88. The molecule has 104 valence electrons. The van der Waals surface area contributed by atoms with Gasteiger partial charge >= 0.3 is 0 Å². The Morgan fingerprint density at radius 2 is 2.06 bits per heavy atom. The topological polar surface area (TPSA) is 53.1 Å². The normalized spacial score (nSPS) is 14.8. The number of hydrogen-bond acceptors (Lipinski definition) is 3. The van der Waals surface area contributed by atoms with Gasteiger partial charge in [0.1, 0.15) is 0 Å². The van der Waals surface area contributed by atoms with Gasteiger partial charge < -0.3 is 10.5 Å². The van der Waals surface area contributed by atoms with Crippen LogP contribution in [0, 0.1) is 0 Å². The molecule has 1 unspecified atom stereocenters. The third-order valence-corrected chi connectivity index (χ3v) is 4.09. The molecule has 0 aliphatic carbocycles. The van der Waals surface area contributed by atoms with Gasteiger partial charge in [0.2, 0.25) is 0 Å². The summed E-state index contributed by atoms with van der Waals surface area (Å²) in [6.07, 6.45) is 1.82. The first-order chi connectivity index (χ1) is 8.45. The minimum Gasteiger partial charge on any atom is -0.373 e. The highest BCUT2D eigenvalue weighted by Crippen LogP contribution is 2.23. The minimum absolute atomic E-state index is 0.253. The van der Waals surface area contributed by atoms with E-state index in [1.807, 2.05) is 11.6 Å². The summed E-state index contributed by atoms with van der Waals surface area (Å²) in [5.41, 5.74) is 7.99. The molecule has 1 atom stereocenters. The van der Waals surface area contributed by atoms with E-state index in [0.29, 0.717) is 13.2 Å². The number of ether oxygens (including phenoxy) is 1.